The molecular weight excluding hydrogens is 680 g/mol. The monoisotopic (exact) mass is 730 g/mol. The smallest absolute Gasteiger partial charge is 0.410 e. The first kappa shape index (κ1) is 36.4. The quantitative estimate of drug-likeness (QED) is 0.220. The van der Waals surface area contributed by atoms with Gasteiger partial charge in [-0.2, -0.15) is 4.98 Å². The van der Waals surface area contributed by atoms with E-state index in [2.05, 4.69) is 56.0 Å². The van der Waals surface area contributed by atoms with Crippen LogP contribution >= 0.6 is 11.6 Å². The number of nitrogens with one attached hydrogen (secondary N) is 2. The molecule has 0 radical (unpaired) electrons. The van der Waals surface area contributed by atoms with Crippen LogP contribution in [0.25, 0.3) is 22.6 Å². The van der Waals surface area contributed by atoms with E-state index in [0.29, 0.717) is 47.7 Å². The van der Waals surface area contributed by atoms with Crippen LogP contribution in [0.3, 0.4) is 0 Å². The molecule has 2 aromatic heterocycles. The molecule has 2 N–H and O–H groups in total. The molecule has 4 aliphatic rings. The lowest BCUT2D eigenvalue weighted by atomic mass is 10.2. The van der Waals surface area contributed by atoms with Gasteiger partial charge in [-0.1, -0.05) is 41.9 Å². The Hall–Kier alpha value is -3.97. The Morgan fingerprint density at radius 1 is 1.08 bits per heavy atom. The van der Waals surface area contributed by atoms with E-state index in [0.717, 1.165) is 86.9 Å². The minimum absolute atomic E-state index is 0.161. The summed E-state index contributed by atoms with van der Waals surface area (Å²) in [4.78, 5) is 30.0. The molecule has 278 valence electrons. The van der Waals surface area contributed by atoms with Crippen molar-refractivity contribution in [1.29, 1.82) is 0 Å². The Bertz CT molecular complexity index is 1860. The summed E-state index contributed by atoms with van der Waals surface area (Å²) in [5, 5.41) is 7.40. The number of nitrogens with zero attached hydrogens (tertiary/aromatic N) is 6. The van der Waals surface area contributed by atoms with Gasteiger partial charge in [0.25, 0.3) is 0 Å². The maximum Gasteiger partial charge on any atom is 0.410 e. The summed E-state index contributed by atoms with van der Waals surface area (Å²) >= 11 is 6.85. The lowest BCUT2D eigenvalue weighted by molar-refractivity contribution is 0.0204. The lowest BCUT2D eigenvalue weighted by Gasteiger charge is -2.31. The van der Waals surface area contributed by atoms with Gasteiger partial charge in [-0.15, -0.1) is 0 Å². The molecule has 13 heteroatoms. The first-order chi connectivity index (χ1) is 24.9. The molecule has 4 fully saturated rings. The third-order valence-electron chi connectivity index (χ3n) is 9.97. The summed E-state index contributed by atoms with van der Waals surface area (Å²) < 4.78 is 19.7. The first-order valence-electron chi connectivity index (χ1n) is 18.5. The number of fused-ring (bicyclic) bond motifs is 3. The van der Waals surface area contributed by atoms with E-state index in [1.165, 1.54) is 0 Å². The van der Waals surface area contributed by atoms with Crippen LogP contribution in [-0.2, 0) is 11.3 Å². The summed E-state index contributed by atoms with van der Waals surface area (Å²) in [6.07, 6.45) is 4.49. The Morgan fingerprint density at radius 2 is 1.88 bits per heavy atom. The number of benzene rings is 2. The van der Waals surface area contributed by atoms with Crippen molar-refractivity contribution in [3.8, 4) is 23.0 Å². The van der Waals surface area contributed by atoms with Crippen molar-refractivity contribution in [2.24, 2.45) is 0 Å². The average Bonchev–Trinajstić information content (AvgIpc) is 3.42. The number of hydrogen-bond donors (Lipinski definition) is 2. The van der Waals surface area contributed by atoms with E-state index in [1.54, 1.807) is 6.33 Å². The van der Waals surface area contributed by atoms with Crippen LogP contribution in [-0.4, -0.2) is 111 Å². The number of carbonyl (C=O) groups excluding carboxylic acids is 1. The SMILES string of the molecule is CC(C)(C)OC(=O)N1C[C@H]2C[C@@H]1CN2.C[C@H]1CN(CCOc2ccc(-c3nc4c(OC5(C)CC5)ncnc4n3Cc3ccccc3)c(Cl)c2)CCN1. The fraction of sp³-hybridized carbons (Fsp3) is 0.538. The largest absolute Gasteiger partial charge is 0.492 e. The van der Waals surface area contributed by atoms with Crippen LogP contribution in [0.1, 0.15) is 59.4 Å². The normalized spacial score (nSPS) is 22.2. The summed E-state index contributed by atoms with van der Waals surface area (Å²) in [6.45, 7) is 16.9. The number of aromatic nitrogens is 4. The van der Waals surface area contributed by atoms with E-state index in [9.17, 15) is 4.79 Å². The van der Waals surface area contributed by atoms with E-state index in [4.69, 9.17) is 30.8 Å². The van der Waals surface area contributed by atoms with Gasteiger partial charge in [0.15, 0.2) is 11.2 Å². The van der Waals surface area contributed by atoms with Crippen LogP contribution in [0.2, 0.25) is 5.02 Å². The van der Waals surface area contributed by atoms with Gasteiger partial charge in [-0.05, 0) is 77.6 Å². The molecule has 0 spiro atoms. The maximum absolute atomic E-state index is 11.7. The Kier molecular flexibility index (Phi) is 10.6. The number of halogens is 1. The molecule has 3 aliphatic heterocycles. The molecule has 4 aromatic rings. The molecule has 12 nitrogen and oxygen atoms in total. The predicted octanol–water partition coefficient (Wildman–Crippen LogP) is 5.77. The number of amides is 1. The fourth-order valence-corrected chi connectivity index (χ4v) is 7.26. The second-order valence-electron chi connectivity index (χ2n) is 15.7. The van der Waals surface area contributed by atoms with E-state index < -0.39 is 0 Å². The van der Waals surface area contributed by atoms with E-state index in [1.807, 2.05) is 62.1 Å². The number of ether oxygens (including phenoxy) is 3. The van der Waals surface area contributed by atoms with Crippen LogP contribution < -0.4 is 20.1 Å². The molecule has 0 unspecified atom stereocenters. The lowest BCUT2D eigenvalue weighted by Crippen LogP contribution is -2.50. The number of imidazole rings is 1. The molecule has 1 amide bonds. The van der Waals surface area contributed by atoms with Crippen molar-refractivity contribution in [2.75, 3.05) is 45.9 Å². The fourth-order valence-electron chi connectivity index (χ4n) is 7.00. The summed E-state index contributed by atoms with van der Waals surface area (Å²) in [7, 11) is 0. The zero-order chi connectivity index (χ0) is 36.5. The van der Waals surface area contributed by atoms with Crippen LogP contribution in [0.4, 0.5) is 4.79 Å². The van der Waals surface area contributed by atoms with Gasteiger partial charge >= 0.3 is 6.09 Å². The first-order valence-corrected chi connectivity index (χ1v) is 18.9. The van der Waals surface area contributed by atoms with Gasteiger partial charge in [0.1, 0.15) is 35.7 Å². The Balaban J connectivity index is 0.000000251. The van der Waals surface area contributed by atoms with Gasteiger partial charge in [0.2, 0.25) is 5.88 Å². The van der Waals surface area contributed by atoms with Crippen molar-refractivity contribution in [1.82, 2.24) is 40.0 Å². The molecule has 2 bridgehead atoms. The highest BCUT2D eigenvalue weighted by Crippen LogP contribution is 2.41. The number of piperazine rings is 2. The van der Waals surface area contributed by atoms with Gasteiger partial charge < -0.3 is 34.3 Å². The molecule has 52 heavy (non-hydrogen) atoms. The van der Waals surface area contributed by atoms with Gasteiger partial charge in [-0.25, -0.2) is 14.8 Å². The van der Waals surface area contributed by atoms with E-state index in [-0.39, 0.29) is 17.3 Å². The highest BCUT2D eigenvalue weighted by molar-refractivity contribution is 6.33. The van der Waals surface area contributed by atoms with Crippen LogP contribution in [0, 0.1) is 0 Å². The summed E-state index contributed by atoms with van der Waals surface area (Å²) in [6, 6.07) is 17.4. The van der Waals surface area contributed by atoms with Crippen molar-refractivity contribution in [3.63, 3.8) is 0 Å². The van der Waals surface area contributed by atoms with Gasteiger partial charge in [-0.3, -0.25) is 4.90 Å². The third kappa shape index (κ3) is 8.79. The van der Waals surface area contributed by atoms with Gasteiger partial charge in [0.05, 0.1) is 11.6 Å². The minimum Gasteiger partial charge on any atom is -0.492 e. The van der Waals surface area contributed by atoms with Crippen molar-refractivity contribution in [3.05, 3.63) is 65.4 Å². The third-order valence-corrected chi connectivity index (χ3v) is 10.3. The molecule has 3 saturated heterocycles. The highest BCUT2D eigenvalue weighted by Gasteiger charge is 2.42. The molecule has 2 aromatic carbocycles. The topological polar surface area (TPSA) is 119 Å². The number of likely N-dealkylation sites (tertiary alicyclic amines) is 1. The molecule has 5 heterocycles. The molecule has 1 aliphatic carbocycles. The molecule has 8 rings (SSSR count). The number of rotatable bonds is 9. The molecule has 3 atom stereocenters. The van der Waals surface area contributed by atoms with Crippen molar-refractivity contribution < 1.29 is 19.0 Å². The summed E-state index contributed by atoms with van der Waals surface area (Å²) in [5.74, 6) is 1.99. The number of carbonyl (C=O) groups is 1. The standard InChI is InChI=1S/C29H33ClN6O2.C10H18N2O2/c1-20-17-35(13-12-31-20)14-15-37-22-8-9-23(24(30)16-22)26-34-25-27(36(26)18-21-6-4-3-5-7-21)32-19-33-28(25)38-29(2)10-11-29;1-10(2,3)14-9(13)12-6-7-4-8(12)5-11-7/h3-9,16,19-20,31H,10-15,17-18H2,1-2H3;7-8,11H,4-6H2,1-3H3/t20-;7-,8-/m01/s1. The van der Waals surface area contributed by atoms with Crippen molar-refractivity contribution >= 4 is 28.9 Å². The van der Waals surface area contributed by atoms with E-state index >= 15 is 0 Å². The zero-order valence-corrected chi connectivity index (χ0v) is 31.7. The van der Waals surface area contributed by atoms with Crippen LogP contribution in [0.5, 0.6) is 11.6 Å². The predicted molar refractivity (Wildman–Crippen MR) is 202 cm³/mol. The highest BCUT2D eigenvalue weighted by atomic mass is 35.5. The number of hydrogen-bond acceptors (Lipinski definition) is 10. The zero-order valence-electron chi connectivity index (χ0n) is 30.9. The summed E-state index contributed by atoms with van der Waals surface area (Å²) in [5.41, 5.74) is 2.76. The molecular formula is C39H51ClN8O4. The second kappa shape index (κ2) is 15.2. The average molecular weight is 731 g/mol. The minimum atomic E-state index is -0.383. The van der Waals surface area contributed by atoms with Crippen molar-refractivity contribution in [2.45, 2.75) is 89.8 Å². The van der Waals surface area contributed by atoms with Gasteiger partial charge in [0, 0.05) is 63.0 Å². The molecule has 1 saturated carbocycles. The second-order valence-corrected chi connectivity index (χ2v) is 16.1. The van der Waals surface area contributed by atoms with Crippen LogP contribution in [0.15, 0.2) is 54.9 Å². The Morgan fingerprint density at radius 3 is 2.56 bits per heavy atom. The Labute approximate surface area is 311 Å². The maximum atomic E-state index is 11.7.